The van der Waals surface area contributed by atoms with Crippen molar-refractivity contribution in [1.82, 2.24) is 0 Å². The number of benzene rings is 2. The summed E-state index contributed by atoms with van der Waals surface area (Å²) >= 11 is 12.2. The minimum atomic E-state index is -3.83. The first-order chi connectivity index (χ1) is 13.2. The summed E-state index contributed by atoms with van der Waals surface area (Å²) in [5.41, 5.74) is 1.45. The van der Waals surface area contributed by atoms with Crippen LogP contribution in [0.2, 0.25) is 10.0 Å². The lowest BCUT2D eigenvalue weighted by Gasteiger charge is -2.30. The van der Waals surface area contributed by atoms with Crippen LogP contribution in [0, 0.1) is 11.3 Å². The van der Waals surface area contributed by atoms with Crippen LogP contribution in [-0.2, 0) is 21.2 Å². The normalized spacial score (nSPS) is 12.1. The van der Waals surface area contributed by atoms with Crippen LogP contribution >= 0.6 is 23.2 Å². The molecule has 1 amide bonds. The third kappa shape index (κ3) is 5.38. The Kier molecular flexibility index (Phi) is 7.30. The number of halogens is 2. The molecule has 6 nitrogen and oxygen atoms in total. The number of amides is 1. The average Bonchev–Trinajstić information content (AvgIpc) is 2.62. The molecule has 1 N–H and O–H groups in total. The summed E-state index contributed by atoms with van der Waals surface area (Å²) in [6.45, 7) is 1.71. The van der Waals surface area contributed by atoms with E-state index in [9.17, 15) is 13.2 Å². The van der Waals surface area contributed by atoms with Crippen molar-refractivity contribution >= 4 is 50.5 Å². The second kappa shape index (κ2) is 9.28. The van der Waals surface area contributed by atoms with E-state index in [0.29, 0.717) is 10.7 Å². The van der Waals surface area contributed by atoms with Gasteiger partial charge in [-0.15, -0.1) is 0 Å². The van der Waals surface area contributed by atoms with Gasteiger partial charge in [-0.2, -0.15) is 5.26 Å². The second-order valence-electron chi connectivity index (χ2n) is 6.10. The van der Waals surface area contributed by atoms with Gasteiger partial charge in [0.1, 0.15) is 6.04 Å². The Hall–Kier alpha value is -2.27. The lowest BCUT2D eigenvalue weighted by molar-refractivity contribution is -0.117. The Bertz CT molecular complexity index is 1000. The molecule has 9 heteroatoms. The van der Waals surface area contributed by atoms with Gasteiger partial charge in [-0.3, -0.25) is 9.10 Å². The maximum absolute atomic E-state index is 12.9. The Labute approximate surface area is 174 Å². The Morgan fingerprint density at radius 2 is 1.86 bits per heavy atom. The predicted molar refractivity (Wildman–Crippen MR) is 112 cm³/mol. The van der Waals surface area contributed by atoms with E-state index in [-0.39, 0.29) is 23.6 Å². The first-order valence-electron chi connectivity index (χ1n) is 8.38. The van der Waals surface area contributed by atoms with Gasteiger partial charge in [-0.05, 0) is 42.3 Å². The molecule has 1 atom stereocenters. The predicted octanol–water partition coefficient (Wildman–Crippen LogP) is 4.24. The van der Waals surface area contributed by atoms with Crippen molar-refractivity contribution in [2.24, 2.45) is 0 Å². The molecule has 0 aliphatic rings. The molecule has 0 bridgehead atoms. The van der Waals surface area contributed by atoms with Crippen LogP contribution in [0.4, 0.5) is 11.4 Å². The van der Waals surface area contributed by atoms with Crippen LogP contribution < -0.4 is 9.62 Å². The molecule has 0 aliphatic carbocycles. The number of hydrogen-bond donors (Lipinski definition) is 1. The quantitative estimate of drug-likeness (QED) is 0.697. The van der Waals surface area contributed by atoms with Gasteiger partial charge >= 0.3 is 0 Å². The molecule has 148 valence electrons. The molecule has 0 saturated heterocycles. The highest BCUT2D eigenvalue weighted by Gasteiger charge is 2.33. The number of carbonyl (C=O) groups excluding carboxylic acids is 1. The highest BCUT2D eigenvalue weighted by molar-refractivity contribution is 7.92. The molecule has 28 heavy (non-hydrogen) atoms. The van der Waals surface area contributed by atoms with E-state index in [1.807, 2.05) is 6.07 Å². The number of anilines is 2. The molecule has 0 radical (unpaired) electrons. The summed E-state index contributed by atoms with van der Waals surface area (Å²) in [7, 11) is -3.83. The van der Waals surface area contributed by atoms with E-state index in [0.717, 1.165) is 16.1 Å². The molecule has 0 aromatic heterocycles. The third-order valence-electron chi connectivity index (χ3n) is 3.98. The molecule has 2 aromatic carbocycles. The van der Waals surface area contributed by atoms with E-state index >= 15 is 0 Å². The van der Waals surface area contributed by atoms with E-state index in [1.54, 1.807) is 31.2 Å². The largest absolute Gasteiger partial charge is 0.324 e. The van der Waals surface area contributed by atoms with Crippen molar-refractivity contribution in [3.63, 3.8) is 0 Å². The summed E-state index contributed by atoms with van der Waals surface area (Å²) in [6, 6.07) is 12.2. The van der Waals surface area contributed by atoms with Gasteiger partial charge in [0.2, 0.25) is 15.9 Å². The standard InChI is InChI=1S/C19H19Cl2N3O3S/c1-3-17(19(25)23-15-7-4-13(5-8-15)10-11-22)24(28(2,26)27)18-12-14(20)6-9-16(18)21/h4-9,12,17H,3,10H2,1-2H3,(H,23,25)/t17-/m0/s1. The number of sulfonamides is 1. The van der Waals surface area contributed by atoms with Crippen LogP contribution in [-0.4, -0.2) is 26.6 Å². The number of carbonyl (C=O) groups is 1. The molecule has 2 rings (SSSR count). The van der Waals surface area contributed by atoms with Crippen molar-refractivity contribution in [2.45, 2.75) is 25.8 Å². The van der Waals surface area contributed by atoms with Crippen molar-refractivity contribution in [3.8, 4) is 6.07 Å². The van der Waals surface area contributed by atoms with Crippen LogP contribution in [0.1, 0.15) is 18.9 Å². The molecule has 0 fully saturated rings. The van der Waals surface area contributed by atoms with Gasteiger partial charge in [0.25, 0.3) is 0 Å². The van der Waals surface area contributed by atoms with E-state index < -0.39 is 22.0 Å². The molecule has 0 heterocycles. The molecular weight excluding hydrogens is 421 g/mol. The van der Waals surface area contributed by atoms with Crippen molar-refractivity contribution < 1.29 is 13.2 Å². The Morgan fingerprint density at radius 3 is 2.39 bits per heavy atom. The van der Waals surface area contributed by atoms with Crippen LogP contribution in [0.15, 0.2) is 42.5 Å². The number of rotatable bonds is 7. The maximum Gasteiger partial charge on any atom is 0.248 e. The fourth-order valence-electron chi connectivity index (χ4n) is 2.71. The van der Waals surface area contributed by atoms with Crippen LogP contribution in [0.25, 0.3) is 0 Å². The van der Waals surface area contributed by atoms with Crippen molar-refractivity contribution in [2.75, 3.05) is 15.9 Å². The van der Waals surface area contributed by atoms with E-state index in [4.69, 9.17) is 28.5 Å². The highest BCUT2D eigenvalue weighted by Crippen LogP contribution is 2.33. The topological polar surface area (TPSA) is 90.3 Å². The minimum Gasteiger partial charge on any atom is -0.324 e. The summed E-state index contributed by atoms with van der Waals surface area (Å²) in [5, 5.41) is 11.9. The monoisotopic (exact) mass is 439 g/mol. The summed E-state index contributed by atoms with van der Waals surface area (Å²) in [5.74, 6) is -0.503. The number of nitrogens with zero attached hydrogens (tertiary/aromatic N) is 2. The van der Waals surface area contributed by atoms with Crippen molar-refractivity contribution in [1.29, 1.82) is 5.26 Å². The van der Waals surface area contributed by atoms with Crippen LogP contribution in [0.5, 0.6) is 0 Å². The van der Waals surface area contributed by atoms with E-state index in [2.05, 4.69) is 5.32 Å². The zero-order valence-corrected chi connectivity index (χ0v) is 17.6. The molecule has 0 saturated carbocycles. The smallest absolute Gasteiger partial charge is 0.248 e. The summed E-state index contributed by atoms with van der Waals surface area (Å²) < 4.78 is 26.0. The van der Waals surface area contributed by atoms with Gasteiger partial charge in [0.15, 0.2) is 0 Å². The molecular formula is C19H19Cl2N3O3S. The van der Waals surface area contributed by atoms with Gasteiger partial charge in [0.05, 0.1) is 29.5 Å². The second-order valence-corrected chi connectivity index (χ2v) is 8.80. The van der Waals surface area contributed by atoms with Crippen LogP contribution in [0.3, 0.4) is 0 Å². The number of nitriles is 1. The highest BCUT2D eigenvalue weighted by atomic mass is 35.5. The minimum absolute atomic E-state index is 0.142. The third-order valence-corrected chi connectivity index (χ3v) is 5.70. The molecule has 0 spiro atoms. The van der Waals surface area contributed by atoms with Gasteiger partial charge in [-0.25, -0.2) is 8.42 Å². The zero-order chi connectivity index (χ0) is 20.9. The zero-order valence-electron chi connectivity index (χ0n) is 15.3. The van der Waals surface area contributed by atoms with Gasteiger partial charge < -0.3 is 5.32 Å². The average molecular weight is 440 g/mol. The van der Waals surface area contributed by atoms with E-state index in [1.165, 1.54) is 18.2 Å². The van der Waals surface area contributed by atoms with Gasteiger partial charge in [-0.1, -0.05) is 42.3 Å². The first kappa shape index (κ1) is 22.0. The van der Waals surface area contributed by atoms with Crippen molar-refractivity contribution in [3.05, 3.63) is 58.1 Å². The summed E-state index contributed by atoms with van der Waals surface area (Å²) in [4.78, 5) is 12.9. The fourth-order valence-corrected chi connectivity index (χ4v) is 4.35. The molecule has 0 unspecified atom stereocenters. The van der Waals surface area contributed by atoms with Gasteiger partial charge in [0, 0.05) is 10.7 Å². The number of hydrogen-bond acceptors (Lipinski definition) is 4. The summed E-state index contributed by atoms with van der Waals surface area (Å²) in [6.07, 6.45) is 1.49. The molecule has 0 aliphatic heterocycles. The SMILES string of the molecule is CC[C@@H](C(=O)Nc1ccc(CC#N)cc1)N(c1cc(Cl)ccc1Cl)S(C)(=O)=O. The first-order valence-corrected chi connectivity index (χ1v) is 11.0. The lowest BCUT2D eigenvalue weighted by atomic mass is 10.1. The number of nitrogens with one attached hydrogen (secondary N) is 1. The Balaban J connectivity index is 2.36. The Morgan fingerprint density at radius 1 is 1.21 bits per heavy atom. The molecule has 2 aromatic rings. The fraction of sp³-hybridized carbons (Fsp3) is 0.263. The maximum atomic E-state index is 12.9. The lowest BCUT2D eigenvalue weighted by Crippen LogP contribution is -2.47.